The van der Waals surface area contributed by atoms with E-state index in [1.165, 1.54) is 5.06 Å². The van der Waals surface area contributed by atoms with Crippen molar-refractivity contribution in [1.82, 2.24) is 5.06 Å². The van der Waals surface area contributed by atoms with Gasteiger partial charge in [-0.25, -0.2) is 4.90 Å². The molecule has 2 aliphatic heterocycles. The van der Waals surface area contributed by atoms with Crippen LogP contribution in [-0.2, 0) is 19.2 Å². The van der Waals surface area contributed by atoms with Crippen molar-refractivity contribution in [2.24, 2.45) is 11.7 Å². The third kappa shape index (κ3) is 2.83. The summed E-state index contributed by atoms with van der Waals surface area (Å²) in [6.45, 7) is -0.260. The van der Waals surface area contributed by atoms with Gasteiger partial charge in [0.05, 0.1) is 29.3 Å². The summed E-state index contributed by atoms with van der Waals surface area (Å²) < 4.78 is 0. The first kappa shape index (κ1) is 17.9. The summed E-state index contributed by atoms with van der Waals surface area (Å²) >= 11 is 0. The highest BCUT2D eigenvalue weighted by Gasteiger charge is 2.60. The summed E-state index contributed by atoms with van der Waals surface area (Å²) in [5.74, 6) is -2.34. The zero-order chi connectivity index (χ0) is 19.8. The fourth-order valence-electron chi connectivity index (χ4n) is 3.72. The van der Waals surface area contributed by atoms with Crippen LogP contribution in [0.2, 0.25) is 0 Å². The van der Waals surface area contributed by atoms with Crippen LogP contribution in [0.1, 0.15) is 17.2 Å². The van der Waals surface area contributed by atoms with Gasteiger partial charge in [0.25, 0.3) is 5.91 Å². The molecule has 0 aromatic heterocycles. The highest BCUT2D eigenvalue weighted by Crippen LogP contribution is 2.45. The van der Waals surface area contributed by atoms with Crippen molar-refractivity contribution in [2.45, 2.75) is 12.1 Å². The SMILES string of the molecule is N#Cc1ccc(C2C3C(=O)N(c4ccccc4)C(=O)C3ON2CC(N)=O)cc1. The van der Waals surface area contributed by atoms with Gasteiger partial charge in [-0.2, -0.15) is 10.3 Å². The van der Waals surface area contributed by atoms with E-state index >= 15 is 0 Å². The van der Waals surface area contributed by atoms with Gasteiger partial charge in [-0.05, 0) is 29.8 Å². The van der Waals surface area contributed by atoms with Gasteiger partial charge >= 0.3 is 0 Å². The van der Waals surface area contributed by atoms with E-state index in [9.17, 15) is 14.4 Å². The van der Waals surface area contributed by atoms with E-state index in [4.69, 9.17) is 15.8 Å². The quantitative estimate of drug-likeness (QED) is 0.792. The third-order valence-corrected chi connectivity index (χ3v) is 4.90. The molecule has 140 valence electrons. The standard InChI is InChI=1S/C20H16N4O4/c21-10-12-6-8-13(9-7-12)17-16-18(28-23(17)11-15(22)25)20(27)24(19(16)26)14-4-2-1-3-5-14/h1-9,16-18H,11H2,(H2,22,25). The maximum Gasteiger partial charge on any atom is 0.265 e. The van der Waals surface area contributed by atoms with Crippen molar-refractivity contribution in [3.8, 4) is 6.07 Å². The summed E-state index contributed by atoms with van der Waals surface area (Å²) in [6.07, 6.45) is -1.03. The number of hydrogen-bond acceptors (Lipinski definition) is 6. The molecule has 2 heterocycles. The maximum atomic E-state index is 13.2. The van der Waals surface area contributed by atoms with E-state index in [2.05, 4.69) is 0 Å². The number of carbonyl (C=O) groups excluding carboxylic acids is 3. The van der Waals surface area contributed by atoms with E-state index in [1.807, 2.05) is 6.07 Å². The number of primary amides is 1. The summed E-state index contributed by atoms with van der Waals surface area (Å²) in [4.78, 5) is 44.4. The fourth-order valence-corrected chi connectivity index (χ4v) is 3.72. The van der Waals surface area contributed by atoms with E-state index in [0.717, 1.165) is 4.90 Å². The molecule has 3 unspecified atom stereocenters. The Labute approximate surface area is 160 Å². The zero-order valence-corrected chi connectivity index (χ0v) is 14.7. The minimum absolute atomic E-state index is 0.260. The number of nitriles is 1. The highest BCUT2D eigenvalue weighted by molar-refractivity contribution is 6.23. The minimum atomic E-state index is -1.03. The molecule has 0 radical (unpaired) electrons. The van der Waals surface area contributed by atoms with E-state index < -0.39 is 35.8 Å². The Bertz CT molecular complexity index is 984. The fraction of sp³-hybridized carbons (Fsp3) is 0.200. The molecule has 2 saturated heterocycles. The molecule has 2 aromatic carbocycles. The number of hydrogen-bond donors (Lipinski definition) is 1. The van der Waals surface area contributed by atoms with Gasteiger partial charge in [-0.1, -0.05) is 30.3 Å². The van der Waals surface area contributed by atoms with Crippen molar-refractivity contribution in [3.63, 3.8) is 0 Å². The molecular weight excluding hydrogens is 360 g/mol. The number of amides is 3. The molecule has 3 atom stereocenters. The second-order valence-corrected chi connectivity index (χ2v) is 6.62. The number of fused-ring (bicyclic) bond motifs is 1. The molecule has 8 nitrogen and oxygen atoms in total. The lowest BCUT2D eigenvalue weighted by Crippen LogP contribution is -2.40. The van der Waals surface area contributed by atoms with Crippen molar-refractivity contribution >= 4 is 23.4 Å². The first-order valence-corrected chi connectivity index (χ1v) is 8.66. The predicted molar refractivity (Wildman–Crippen MR) is 97.1 cm³/mol. The Morgan fingerprint density at radius 1 is 1.07 bits per heavy atom. The van der Waals surface area contributed by atoms with Crippen molar-refractivity contribution in [2.75, 3.05) is 11.4 Å². The molecule has 2 N–H and O–H groups in total. The van der Waals surface area contributed by atoms with Crippen molar-refractivity contribution in [1.29, 1.82) is 5.26 Å². The summed E-state index contributed by atoms with van der Waals surface area (Å²) in [7, 11) is 0. The molecule has 8 heteroatoms. The largest absolute Gasteiger partial charge is 0.368 e. The number of benzene rings is 2. The molecule has 28 heavy (non-hydrogen) atoms. The number of para-hydroxylation sites is 1. The average molecular weight is 376 g/mol. The second-order valence-electron chi connectivity index (χ2n) is 6.62. The smallest absolute Gasteiger partial charge is 0.265 e. The predicted octanol–water partition coefficient (Wildman–Crippen LogP) is 0.890. The van der Waals surface area contributed by atoms with Crippen LogP contribution in [0.25, 0.3) is 0 Å². The molecule has 2 fully saturated rings. The normalized spacial score (nSPS) is 24.2. The Balaban J connectivity index is 1.73. The van der Waals surface area contributed by atoms with Gasteiger partial charge in [0, 0.05) is 0 Å². The number of nitrogens with zero attached hydrogens (tertiary/aromatic N) is 3. The van der Waals surface area contributed by atoms with Crippen LogP contribution in [0.3, 0.4) is 0 Å². The third-order valence-electron chi connectivity index (χ3n) is 4.90. The number of imide groups is 1. The lowest BCUT2D eigenvalue weighted by atomic mass is 9.90. The lowest BCUT2D eigenvalue weighted by molar-refractivity contribution is -0.175. The Hall–Kier alpha value is -3.54. The first-order chi connectivity index (χ1) is 13.5. The van der Waals surface area contributed by atoms with Crippen molar-refractivity contribution in [3.05, 3.63) is 65.7 Å². The van der Waals surface area contributed by atoms with Gasteiger partial charge < -0.3 is 5.73 Å². The Kier molecular flexibility index (Phi) is 4.39. The van der Waals surface area contributed by atoms with Crippen LogP contribution >= 0.6 is 0 Å². The molecule has 2 aliphatic rings. The summed E-state index contributed by atoms with van der Waals surface area (Å²) in [5, 5.41) is 10.3. The van der Waals surface area contributed by atoms with E-state index in [-0.39, 0.29) is 6.54 Å². The van der Waals surface area contributed by atoms with Gasteiger partial charge in [0.1, 0.15) is 6.54 Å². The summed E-state index contributed by atoms with van der Waals surface area (Å²) in [5.41, 5.74) is 6.90. The summed E-state index contributed by atoms with van der Waals surface area (Å²) in [6, 6.07) is 16.6. The zero-order valence-electron chi connectivity index (χ0n) is 14.7. The molecular formula is C20H16N4O4. The lowest BCUT2D eigenvalue weighted by Gasteiger charge is -2.26. The number of anilines is 1. The first-order valence-electron chi connectivity index (χ1n) is 8.66. The average Bonchev–Trinajstić information content (AvgIpc) is 3.17. The van der Waals surface area contributed by atoms with Crippen molar-refractivity contribution < 1.29 is 19.2 Å². The van der Waals surface area contributed by atoms with E-state index in [1.54, 1.807) is 54.6 Å². The Morgan fingerprint density at radius 2 is 1.75 bits per heavy atom. The molecule has 3 amide bonds. The van der Waals surface area contributed by atoms with Crippen LogP contribution < -0.4 is 10.6 Å². The monoisotopic (exact) mass is 376 g/mol. The number of rotatable bonds is 4. The number of carbonyl (C=O) groups is 3. The second kappa shape index (κ2) is 6.88. The molecule has 0 bridgehead atoms. The molecule has 0 aliphatic carbocycles. The van der Waals surface area contributed by atoms with Gasteiger partial charge in [-0.3, -0.25) is 19.2 Å². The minimum Gasteiger partial charge on any atom is -0.368 e. The van der Waals surface area contributed by atoms with E-state index in [0.29, 0.717) is 16.8 Å². The number of nitrogens with two attached hydrogens (primary N) is 1. The van der Waals surface area contributed by atoms with Gasteiger partial charge in [-0.15, -0.1) is 0 Å². The highest BCUT2D eigenvalue weighted by atomic mass is 16.7. The van der Waals surface area contributed by atoms with Gasteiger partial charge in [0.2, 0.25) is 11.8 Å². The topological polar surface area (TPSA) is 117 Å². The van der Waals surface area contributed by atoms with Crippen LogP contribution in [0.4, 0.5) is 5.69 Å². The van der Waals surface area contributed by atoms with Crippen LogP contribution in [-0.4, -0.2) is 35.4 Å². The van der Waals surface area contributed by atoms with Crippen LogP contribution in [0.15, 0.2) is 54.6 Å². The number of hydroxylamine groups is 2. The molecule has 0 spiro atoms. The Morgan fingerprint density at radius 3 is 2.36 bits per heavy atom. The molecule has 2 aromatic rings. The molecule has 0 saturated carbocycles. The van der Waals surface area contributed by atoms with Crippen LogP contribution in [0, 0.1) is 17.2 Å². The molecule has 4 rings (SSSR count). The van der Waals surface area contributed by atoms with Gasteiger partial charge in [0.15, 0.2) is 6.10 Å². The maximum absolute atomic E-state index is 13.2. The van der Waals surface area contributed by atoms with Crippen LogP contribution in [0.5, 0.6) is 0 Å².